The molecule has 5 atom stereocenters. The second-order valence-corrected chi connectivity index (χ2v) is 18.0. The van der Waals surface area contributed by atoms with E-state index in [4.69, 9.17) is 18.9 Å². The van der Waals surface area contributed by atoms with Gasteiger partial charge in [-0.15, -0.1) is 6.58 Å². The smallest absolute Gasteiger partial charge is 0.408 e. The van der Waals surface area contributed by atoms with Crippen LogP contribution in [0.1, 0.15) is 59.8 Å². The molecule has 55 heavy (non-hydrogen) atoms. The van der Waals surface area contributed by atoms with Gasteiger partial charge in [0.1, 0.15) is 35.3 Å². The van der Waals surface area contributed by atoms with Crippen molar-refractivity contribution in [3.63, 3.8) is 0 Å². The van der Waals surface area contributed by atoms with Crippen molar-refractivity contribution in [3.8, 4) is 17.4 Å². The topological polar surface area (TPSA) is 195 Å². The zero-order valence-corrected chi connectivity index (χ0v) is 34.7. The van der Waals surface area contributed by atoms with Crippen molar-refractivity contribution in [1.82, 2.24) is 29.5 Å². The molecule has 3 N–H and O–H groups in total. The van der Waals surface area contributed by atoms with Crippen LogP contribution in [0.25, 0.3) is 10.9 Å². The third kappa shape index (κ3) is 9.12. The molecule has 0 bridgehead atoms. The zero-order valence-electron chi connectivity index (χ0n) is 32.3. The first-order valence-corrected chi connectivity index (χ1v) is 20.5. The van der Waals surface area contributed by atoms with E-state index in [9.17, 15) is 27.6 Å². The van der Waals surface area contributed by atoms with Crippen molar-refractivity contribution in [1.29, 1.82) is 0 Å². The highest BCUT2D eigenvalue weighted by molar-refractivity contribution is 9.10. The summed E-state index contributed by atoms with van der Waals surface area (Å²) in [5.74, 6) is -2.57. The highest BCUT2D eigenvalue weighted by Gasteiger charge is 2.61. The van der Waals surface area contributed by atoms with E-state index in [0.717, 1.165) is 30.0 Å². The molecular formula is C37H51BrN6O10S. The second-order valence-electron chi connectivity index (χ2n) is 15.4. The molecule has 3 aliphatic rings. The summed E-state index contributed by atoms with van der Waals surface area (Å²) in [6.07, 6.45) is 3.14. The number of alkyl carbamates (subject to hydrolysis) is 1. The summed E-state index contributed by atoms with van der Waals surface area (Å²) < 4.78 is 52.2. The highest BCUT2D eigenvalue weighted by atomic mass is 79.9. The maximum atomic E-state index is 14.4. The predicted molar refractivity (Wildman–Crippen MR) is 207 cm³/mol. The van der Waals surface area contributed by atoms with Gasteiger partial charge >= 0.3 is 16.3 Å². The summed E-state index contributed by atoms with van der Waals surface area (Å²) in [5.41, 5.74) is -1.89. The lowest BCUT2D eigenvalue weighted by Gasteiger charge is -2.33. The molecule has 302 valence electrons. The molecule has 16 nitrogen and oxygen atoms in total. The van der Waals surface area contributed by atoms with E-state index < -0.39 is 69.0 Å². The van der Waals surface area contributed by atoms with Crippen LogP contribution >= 0.6 is 15.9 Å². The molecule has 2 aromatic rings. The Hall–Kier alpha value is -4.16. The van der Waals surface area contributed by atoms with E-state index >= 15 is 0 Å². The minimum absolute atomic E-state index is 0.0763. The Morgan fingerprint density at radius 2 is 1.84 bits per heavy atom. The van der Waals surface area contributed by atoms with Crippen LogP contribution in [-0.2, 0) is 29.3 Å². The van der Waals surface area contributed by atoms with Gasteiger partial charge in [-0.1, -0.05) is 26.8 Å². The first-order valence-electron chi connectivity index (χ1n) is 18.3. The molecule has 5 rings (SSSR count). The monoisotopic (exact) mass is 850 g/mol. The van der Waals surface area contributed by atoms with E-state index in [1.165, 1.54) is 32.2 Å². The van der Waals surface area contributed by atoms with Gasteiger partial charge in [-0.05, 0) is 72.5 Å². The number of pyridine rings is 1. The van der Waals surface area contributed by atoms with Crippen LogP contribution in [-0.4, -0.2) is 111 Å². The molecule has 18 heteroatoms. The van der Waals surface area contributed by atoms with E-state index in [0.29, 0.717) is 33.5 Å². The van der Waals surface area contributed by atoms with E-state index in [1.807, 2.05) is 25.5 Å². The lowest BCUT2D eigenvalue weighted by Crippen LogP contribution is -2.56. The van der Waals surface area contributed by atoms with E-state index in [2.05, 4.69) is 38.1 Å². The van der Waals surface area contributed by atoms with Crippen LogP contribution in [0.4, 0.5) is 4.79 Å². The minimum Gasteiger partial charge on any atom is -0.495 e. The fourth-order valence-corrected chi connectivity index (χ4v) is 8.13. The number of nitrogens with one attached hydrogen (secondary N) is 3. The summed E-state index contributed by atoms with van der Waals surface area (Å²) in [7, 11) is -0.116. The lowest BCUT2D eigenvalue weighted by molar-refractivity contribution is -0.136. The van der Waals surface area contributed by atoms with Crippen LogP contribution < -0.4 is 29.6 Å². The van der Waals surface area contributed by atoms with Gasteiger partial charge in [0.25, 0.3) is 5.91 Å². The maximum Gasteiger partial charge on any atom is 0.408 e. The minimum atomic E-state index is -4.18. The van der Waals surface area contributed by atoms with Crippen molar-refractivity contribution < 1.29 is 46.5 Å². The number of ether oxygens (including phenoxy) is 4. The van der Waals surface area contributed by atoms with Crippen LogP contribution in [0.3, 0.4) is 0 Å². The Balaban J connectivity index is 1.49. The Labute approximate surface area is 330 Å². The number of benzene rings is 1. The number of halogens is 1. The van der Waals surface area contributed by atoms with E-state index in [-0.39, 0.29) is 31.5 Å². The predicted octanol–water partition coefficient (Wildman–Crippen LogP) is 3.68. The van der Waals surface area contributed by atoms with Crippen molar-refractivity contribution in [2.45, 2.75) is 83.6 Å². The molecule has 2 saturated carbocycles. The number of nitrogens with zero attached hydrogens (tertiary/aromatic N) is 3. The average Bonchev–Trinajstić information content (AvgIpc) is 3.37. The Bertz CT molecular complexity index is 1930. The number of likely N-dealkylation sites (tertiary alicyclic amines) is 1. The van der Waals surface area contributed by atoms with Gasteiger partial charge < -0.3 is 34.5 Å². The number of rotatable bonds is 14. The van der Waals surface area contributed by atoms with Gasteiger partial charge in [-0.2, -0.15) is 12.7 Å². The number of hydrogen-bond donors (Lipinski definition) is 3. The maximum absolute atomic E-state index is 14.4. The molecule has 4 amide bonds. The number of fused-ring (bicyclic) bond motifs is 1. The molecule has 0 radical (unpaired) electrons. The lowest BCUT2D eigenvalue weighted by atomic mass is 9.86. The number of carbonyl (C=O) groups excluding carboxylic acids is 4. The van der Waals surface area contributed by atoms with Gasteiger partial charge in [0.15, 0.2) is 0 Å². The summed E-state index contributed by atoms with van der Waals surface area (Å²) in [6.45, 7) is 11.1. The number of carbonyl (C=O) groups is 4. The van der Waals surface area contributed by atoms with Crippen LogP contribution in [0.2, 0.25) is 0 Å². The number of hydrogen-bond acceptors (Lipinski definition) is 11. The molecule has 2 aliphatic carbocycles. The normalized spacial score (nSPS) is 23.2. The molecule has 1 aliphatic heterocycles. The van der Waals surface area contributed by atoms with Gasteiger partial charge in [-0.25, -0.2) is 14.5 Å². The van der Waals surface area contributed by atoms with Crippen molar-refractivity contribution in [3.05, 3.63) is 35.3 Å². The summed E-state index contributed by atoms with van der Waals surface area (Å²) >= 11 is 3.56. The fraction of sp³-hybridized carbons (Fsp3) is 0.595. The quantitative estimate of drug-likeness (QED) is 0.235. The van der Waals surface area contributed by atoms with Crippen LogP contribution in [0, 0.1) is 17.3 Å². The zero-order chi connectivity index (χ0) is 40.5. The fourth-order valence-electron chi connectivity index (χ4n) is 6.94. The van der Waals surface area contributed by atoms with Gasteiger partial charge in [0.05, 0.1) is 36.2 Å². The Kier molecular flexibility index (Phi) is 12.6. The van der Waals surface area contributed by atoms with Gasteiger partial charge in [0, 0.05) is 38.0 Å². The molecule has 1 aromatic carbocycles. The molecule has 3 fully saturated rings. The van der Waals surface area contributed by atoms with Crippen molar-refractivity contribution >= 4 is 60.9 Å². The average molecular weight is 852 g/mol. The number of methoxy groups -OCH3 is 1. The standard InChI is InChI=1S/C37H51BrN6O10S/c1-9-21-18-37(21,34(47)42-55(49,50)43(6)7)41-32(45)24-19-44(33(46)31(36(3,4)5)40-35(48)53-22-13-11-12-14-22)20-27(24)54-26-17-28(52-10-2)39-30-23(26)15-16-25(51-8)29(30)38/h9,15-17,21-22,24,27,31H,1,10-14,18-20H2,2-8H3,(H,40,48)(H,41,45)(H,42,47)/t21-,24+,27+,31-,37-/m1/s1. The van der Waals surface area contributed by atoms with Crippen molar-refractivity contribution in [2.24, 2.45) is 17.3 Å². The number of amides is 4. The molecule has 1 saturated heterocycles. The third-order valence-corrected chi connectivity index (χ3v) is 12.4. The Morgan fingerprint density at radius 1 is 1.15 bits per heavy atom. The first kappa shape index (κ1) is 42.0. The SMILES string of the molecule is C=C[C@@H]1C[C@]1(NC(=O)[C@H]1CN(C(=O)[C@@H](NC(=O)OC2CCCC2)C(C)(C)C)C[C@@H]1Oc1cc(OCC)nc2c(Br)c(OC)ccc12)C(=O)NS(=O)(=O)N(C)C. The second kappa shape index (κ2) is 16.5. The van der Waals surface area contributed by atoms with Crippen LogP contribution in [0.5, 0.6) is 17.4 Å². The van der Waals surface area contributed by atoms with Gasteiger partial charge in [0.2, 0.25) is 17.7 Å². The summed E-state index contributed by atoms with van der Waals surface area (Å²) in [4.78, 5) is 61.4. The van der Waals surface area contributed by atoms with E-state index in [1.54, 1.807) is 25.1 Å². The highest BCUT2D eigenvalue weighted by Crippen LogP contribution is 2.46. The molecular weight excluding hydrogens is 800 g/mol. The molecule has 1 aromatic heterocycles. The number of aromatic nitrogens is 1. The molecule has 0 spiro atoms. The largest absolute Gasteiger partial charge is 0.495 e. The third-order valence-electron chi connectivity index (χ3n) is 10.2. The van der Waals surface area contributed by atoms with Crippen molar-refractivity contribution in [2.75, 3.05) is 40.9 Å². The molecule has 2 heterocycles. The first-order chi connectivity index (χ1) is 25.8. The Morgan fingerprint density at radius 3 is 2.42 bits per heavy atom. The summed E-state index contributed by atoms with van der Waals surface area (Å²) in [5, 5.41) is 6.13. The molecule has 0 unspecified atom stereocenters. The van der Waals surface area contributed by atoms with Gasteiger partial charge in [-0.3, -0.25) is 14.4 Å². The summed E-state index contributed by atoms with van der Waals surface area (Å²) in [6, 6.07) is 4.05. The van der Waals surface area contributed by atoms with Crippen LogP contribution in [0.15, 0.2) is 35.3 Å².